The molecule has 0 aliphatic rings. The molecule has 1 aromatic carbocycles. The van der Waals surface area contributed by atoms with Crippen LogP contribution in [0.2, 0.25) is 0 Å². The van der Waals surface area contributed by atoms with Crippen LogP contribution in [-0.2, 0) is 5.75 Å². The van der Waals surface area contributed by atoms with Crippen molar-refractivity contribution in [2.45, 2.75) is 25.6 Å². The summed E-state index contributed by atoms with van der Waals surface area (Å²) in [6.45, 7) is 4.33. The summed E-state index contributed by atoms with van der Waals surface area (Å²) in [5.74, 6) is 3.50. The van der Waals surface area contributed by atoms with Gasteiger partial charge in [0.2, 0.25) is 0 Å². The fourth-order valence-electron chi connectivity index (χ4n) is 1.23. The van der Waals surface area contributed by atoms with Crippen molar-refractivity contribution < 1.29 is 4.74 Å². The van der Waals surface area contributed by atoms with Crippen LogP contribution in [0.25, 0.3) is 0 Å². The van der Waals surface area contributed by atoms with E-state index < -0.39 is 0 Å². The molecule has 90 valence electrons. The number of hydrogen-bond donors (Lipinski definition) is 1. The number of rotatable bonds is 6. The summed E-state index contributed by atoms with van der Waals surface area (Å²) in [5, 5.41) is 0. The highest BCUT2D eigenvalue weighted by Crippen LogP contribution is 2.17. The highest BCUT2D eigenvalue weighted by Gasteiger charge is 2.07. The Hall–Kier alpha value is -0.670. The predicted octanol–water partition coefficient (Wildman–Crippen LogP) is 2.91. The molecule has 1 aromatic rings. The van der Waals surface area contributed by atoms with Gasteiger partial charge in [-0.2, -0.15) is 11.8 Å². The zero-order valence-corrected chi connectivity index (χ0v) is 11.1. The smallest absolute Gasteiger partial charge is 0.118 e. The quantitative estimate of drug-likeness (QED) is 0.829. The second kappa shape index (κ2) is 6.81. The van der Waals surface area contributed by atoms with Crippen LogP contribution in [0.5, 0.6) is 5.75 Å². The molecule has 0 aliphatic carbocycles. The van der Waals surface area contributed by atoms with Gasteiger partial charge in [-0.15, -0.1) is 0 Å². The minimum atomic E-state index is 0.295. The molecule has 0 amide bonds. The molecule has 0 unspecified atom stereocenters. The van der Waals surface area contributed by atoms with E-state index in [0.29, 0.717) is 12.0 Å². The Kier molecular flexibility index (Phi) is 5.71. The van der Waals surface area contributed by atoms with Crippen LogP contribution < -0.4 is 10.5 Å². The third-order valence-corrected chi connectivity index (χ3v) is 3.75. The van der Waals surface area contributed by atoms with Crippen molar-refractivity contribution in [3.05, 3.63) is 29.8 Å². The van der Waals surface area contributed by atoms with E-state index in [2.05, 4.69) is 26.0 Å². The number of methoxy groups -OCH3 is 1. The summed E-state index contributed by atoms with van der Waals surface area (Å²) in [7, 11) is 1.69. The highest BCUT2D eigenvalue weighted by atomic mass is 32.2. The first kappa shape index (κ1) is 13.4. The summed E-state index contributed by atoms with van der Waals surface area (Å²) in [4.78, 5) is 0. The molecular formula is C13H21NOS. The first-order valence-electron chi connectivity index (χ1n) is 5.59. The van der Waals surface area contributed by atoms with Crippen molar-refractivity contribution >= 4 is 11.8 Å². The van der Waals surface area contributed by atoms with Crippen LogP contribution in [-0.4, -0.2) is 18.9 Å². The standard InChI is InChI=1S/C13H21NOS/c1-10(2)13(14)9-16-8-11-4-6-12(15-3)7-5-11/h4-7,10,13H,8-9,14H2,1-3H3/t13-/m0/s1. The van der Waals surface area contributed by atoms with Gasteiger partial charge < -0.3 is 10.5 Å². The van der Waals surface area contributed by atoms with Gasteiger partial charge in [-0.25, -0.2) is 0 Å². The van der Waals surface area contributed by atoms with Gasteiger partial charge in [-0.3, -0.25) is 0 Å². The molecule has 1 rings (SSSR count). The second-order valence-electron chi connectivity index (χ2n) is 4.27. The maximum atomic E-state index is 5.99. The second-order valence-corrected chi connectivity index (χ2v) is 5.30. The summed E-state index contributed by atoms with van der Waals surface area (Å²) < 4.78 is 5.12. The van der Waals surface area contributed by atoms with Gasteiger partial charge in [0.15, 0.2) is 0 Å². The molecule has 0 fully saturated rings. The zero-order valence-electron chi connectivity index (χ0n) is 10.3. The number of hydrogen-bond acceptors (Lipinski definition) is 3. The molecule has 0 aliphatic heterocycles. The largest absolute Gasteiger partial charge is 0.497 e. The number of ether oxygens (including phenoxy) is 1. The van der Waals surface area contributed by atoms with Gasteiger partial charge in [0.05, 0.1) is 7.11 Å². The van der Waals surface area contributed by atoms with Gasteiger partial charge in [-0.1, -0.05) is 26.0 Å². The summed E-state index contributed by atoms with van der Waals surface area (Å²) in [6, 6.07) is 8.50. The Balaban J connectivity index is 2.31. The third-order valence-electron chi connectivity index (χ3n) is 2.59. The summed E-state index contributed by atoms with van der Waals surface area (Å²) in [6.07, 6.45) is 0. The number of nitrogens with two attached hydrogens (primary N) is 1. The van der Waals surface area contributed by atoms with Gasteiger partial charge in [0, 0.05) is 17.5 Å². The average molecular weight is 239 g/mol. The first-order valence-corrected chi connectivity index (χ1v) is 6.75. The van der Waals surface area contributed by atoms with Gasteiger partial charge in [0.25, 0.3) is 0 Å². The van der Waals surface area contributed by atoms with E-state index in [9.17, 15) is 0 Å². The van der Waals surface area contributed by atoms with Crippen LogP contribution in [0.15, 0.2) is 24.3 Å². The SMILES string of the molecule is COc1ccc(CSC[C@H](N)C(C)C)cc1. The van der Waals surface area contributed by atoms with Crippen molar-refractivity contribution in [2.24, 2.45) is 11.7 Å². The molecule has 3 heteroatoms. The molecule has 0 spiro atoms. The zero-order chi connectivity index (χ0) is 12.0. The van der Waals surface area contributed by atoms with E-state index in [1.54, 1.807) is 7.11 Å². The first-order chi connectivity index (χ1) is 7.63. The molecule has 1 atom stereocenters. The van der Waals surface area contributed by atoms with E-state index in [4.69, 9.17) is 10.5 Å². The van der Waals surface area contributed by atoms with E-state index >= 15 is 0 Å². The van der Waals surface area contributed by atoms with Crippen LogP contribution in [0, 0.1) is 5.92 Å². The Morgan fingerprint density at radius 2 is 1.88 bits per heavy atom. The molecule has 2 N–H and O–H groups in total. The van der Waals surface area contributed by atoms with Crippen LogP contribution in [0.1, 0.15) is 19.4 Å². The Morgan fingerprint density at radius 3 is 2.38 bits per heavy atom. The lowest BCUT2D eigenvalue weighted by molar-refractivity contribution is 0.414. The van der Waals surface area contributed by atoms with Gasteiger partial charge >= 0.3 is 0 Å². The Morgan fingerprint density at radius 1 is 1.25 bits per heavy atom. The van der Waals surface area contributed by atoms with Crippen molar-refractivity contribution in [2.75, 3.05) is 12.9 Å². The number of benzene rings is 1. The molecular weight excluding hydrogens is 218 g/mol. The van der Waals surface area contributed by atoms with E-state index in [1.807, 2.05) is 23.9 Å². The van der Waals surface area contributed by atoms with Gasteiger partial charge in [0.1, 0.15) is 5.75 Å². The lowest BCUT2D eigenvalue weighted by Crippen LogP contribution is -2.28. The number of thioether (sulfide) groups is 1. The van der Waals surface area contributed by atoms with Crippen LogP contribution in [0.4, 0.5) is 0 Å². The molecule has 0 radical (unpaired) electrons. The van der Waals surface area contributed by atoms with Crippen molar-refractivity contribution in [1.82, 2.24) is 0 Å². The van der Waals surface area contributed by atoms with Gasteiger partial charge in [-0.05, 0) is 23.6 Å². The molecule has 0 heterocycles. The lowest BCUT2D eigenvalue weighted by atomic mass is 10.1. The van der Waals surface area contributed by atoms with Crippen molar-refractivity contribution in [3.63, 3.8) is 0 Å². The minimum Gasteiger partial charge on any atom is -0.497 e. The Bertz CT molecular complexity index is 297. The molecule has 0 aromatic heterocycles. The average Bonchev–Trinajstić information content (AvgIpc) is 2.29. The minimum absolute atomic E-state index is 0.295. The molecule has 0 bridgehead atoms. The normalized spacial score (nSPS) is 12.8. The Labute approximate surface area is 103 Å². The molecule has 2 nitrogen and oxygen atoms in total. The third kappa shape index (κ3) is 4.45. The fourth-order valence-corrected chi connectivity index (χ4v) is 2.43. The van der Waals surface area contributed by atoms with Crippen LogP contribution in [0.3, 0.4) is 0 Å². The molecule has 0 saturated carbocycles. The summed E-state index contributed by atoms with van der Waals surface area (Å²) in [5.41, 5.74) is 7.31. The maximum Gasteiger partial charge on any atom is 0.118 e. The molecule has 16 heavy (non-hydrogen) atoms. The monoisotopic (exact) mass is 239 g/mol. The van der Waals surface area contributed by atoms with Crippen LogP contribution >= 0.6 is 11.8 Å². The summed E-state index contributed by atoms with van der Waals surface area (Å²) >= 11 is 1.89. The molecule has 0 saturated heterocycles. The van der Waals surface area contributed by atoms with Crippen molar-refractivity contribution in [1.29, 1.82) is 0 Å². The topological polar surface area (TPSA) is 35.2 Å². The van der Waals surface area contributed by atoms with Crippen molar-refractivity contribution in [3.8, 4) is 5.75 Å². The maximum absolute atomic E-state index is 5.99. The predicted molar refractivity (Wildman–Crippen MR) is 72.0 cm³/mol. The highest BCUT2D eigenvalue weighted by molar-refractivity contribution is 7.98. The lowest BCUT2D eigenvalue weighted by Gasteiger charge is -2.14. The van der Waals surface area contributed by atoms with E-state index in [-0.39, 0.29) is 0 Å². The fraction of sp³-hybridized carbons (Fsp3) is 0.538. The van der Waals surface area contributed by atoms with E-state index in [1.165, 1.54) is 5.56 Å². The van der Waals surface area contributed by atoms with E-state index in [0.717, 1.165) is 17.3 Å².